The number of carbonyl (C=O) groups excluding carboxylic acids is 1. The maximum absolute atomic E-state index is 12.4. The van der Waals surface area contributed by atoms with Crippen LogP contribution in [0, 0.1) is 10.1 Å². The van der Waals surface area contributed by atoms with Crippen LogP contribution in [-0.2, 0) is 0 Å². The predicted molar refractivity (Wildman–Crippen MR) is 91.6 cm³/mol. The highest BCUT2D eigenvalue weighted by atomic mass is 79.9. The van der Waals surface area contributed by atoms with E-state index in [9.17, 15) is 19.7 Å². The summed E-state index contributed by atoms with van der Waals surface area (Å²) in [7, 11) is 0. The van der Waals surface area contributed by atoms with Crippen molar-refractivity contribution in [2.75, 3.05) is 11.1 Å². The summed E-state index contributed by atoms with van der Waals surface area (Å²) in [6.45, 7) is 0. The Kier molecular flexibility index (Phi) is 5.05. The molecule has 4 N–H and O–H groups in total. The van der Waals surface area contributed by atoms with Crippen molar-refractivity contribution in [1.82, 2.24) is 0 Å². The van der Waals surface area contributed by atoms with Crippen LogP contribution in [0.5, 0.6) is 0 Å². The van der Waals surface area contributed by atoms with Gasteiger partial charge >= 0.3 is 5.97 Å². The average molecular weight is 415 g/mol. The second-order valence-corrected chi connectivity index (χ2v) is 5.83. The number of aromatic carboxylic acids is 1. The summed E-state index contributed by atoms with van der Waals surface area (Å²) >= 11 is 9.06. The van der Waals surface area contributed by atoms with Gasteiger partial charge in [0, 0.05) is 16.2 Å². The van der Waals surface area contributed by atoms with Gasteiger partial charge in [-0.25, -0.2) is 4.79 Å². The molecule has 2 aromatic rings. The Morgan fingerprint density at radius 1 is 1.33 bits per heavy atom. The van der Waals surface area contributed by atoms with Gasteiger partial charge in [0.2, 0.25) is 0 Å². The molecule has 0 atom stereocenters. The number of halogens is 2. The van der Waals surface area contributed by atoms with Crippen LogP contribution in [-0.4, -0.2) is 21.9 Å². The van der Waals surface area contributed by atoms with Crippen LogP contribution in [0.3, 0.4) is 0 Å². The molecular formula is C14H9BrClN3O5. The number of nitrogen functional groups attached to an aromatic ring is 1. The number of carboxylic acid groups (broad SMARTS) is 1. The lowest BCUT2D eigenvalue weighted by atomic mass is 10.0. The van der Waals surface area contributed by atoms with Crippen LogP contribution in [0.25, 0.3) is 0 Å². The van der Waals surface area contributed by atoms with Crippen LogP contribution in [0.15, 0.2) is 34.8 Å². The van der Waals surface area contributed by atoms with E-state index in [1.165, 1.54) is 18.2 Å². The van der Waals surface area contributed by atoms with Crippen molar-refractivity contribution in [2.45, 2.75) is 0 Å². The summed E-state index contributed by atoms with van der Waals surface area (Å²) in [6.07, 6.45) is 0. The number of nitro benzene ring substituents is 1. The minimum atomic E-state index is -1.46. The number of nitrogens with two attached hydrogens (primary N) is 1. The van der Waals surface area contributed by atoms with Crippen molar-refractivity contribution in [3.05, 3.63) is 61.1 Å². The highest BCUT2D eigenvalue weighted by Crippen LogP contribution is 2.32. The van der Waals surface area contributed by atoms with E-state index < -0.39 is 33.6 Å². The molecule has 0 fully saturated rings. The normalized spacial score (nSPS) is 10.2. The van der Waals surface area contributed by atoms with E-state index in [0.29, 0.717) is 4.47 Å². The molecule has 10 heteroatoms. The number of nitrogens with one attached hydrogen (secondary N) is 1. The molecule has 0 saturated carbocycles. The Hall–Kier alpha value is -2.65. The molecule has 0 aromatic heterocycles. The summed E-state index contributed by atoms with van der Waals surface area (Å²) in [6, 6.07) is 6.13. The van der Waals surface area contributed by atoms with Gasteiger partial charge in [-0.05, 0) is 34.1 Å². The molecule has 0 aliphatic rings. The maximum atomic E-state index is 12.4. The fourth-order valence-corrected chi connectivity index (χ4v) is 2.75. The van der Waals surface area contributed by atoms with Crippen LogP contribution in [0.2, 0.25) is 5.02 Å². The van der Waals surface area contributed by atoms with Crippen LogP contribution in [0.1, 0.15) is 20.7 Å². The number of amides is 1. The minimum absolute atomic E-state index is 0.153. The third-order valence-corrected chi connectivity index (χ3v) is 4.00. The molecule has 124 valence electrons. The average Bonchev–Trinajstić information content (AvgIpc) is 2.51. The molecule has 0 bridgehead atoms. The van der Waals surface area contributed by atoms with E-state index in [4.69, 9.17) is 22.4 Å². The highest BCUT2D eigenvalue weighted by Gasteiger charge is 2.27. The molecule has 0 aliphatic heterocycles. The van der Waals surface area contributed by atoms with Crippen molar-refractivity contribution in [2.24, 2.45) is 0 Å². The topological polar surface area (TPSA) is 136 Å². The van der Waals surface area contributed by atoms with E-state index in [1.807, 2.05) is 0 Å². The molecule has 0 spiro atoms. The molecule has 0 aliphatic carbocycles. The molecule has 8 nitrogen and oxygen atoms in total. The number of hydrogen-bond donors (Lipinski definition) is 3. The number of benzene rings is 2. The molecule has 24 heavy (non-hydrogen) atoms. The van der Waals surface area contributed by atoms with Gasteiger partial charge in [-0.2, -0.15) is 0 Å². The Morgan fingerprint density at radius 2 is 2.00 bits per heavy atom. The lowest BCUT2D eigenvalue weighted by Crippen LogP contribution is -2.18. The third kappa shape index (κ3) is 3.47. The summed E-state index contributed by atoms with van der Waals surface area (Å²) in [5, 5.41) is 22.8. The second kappa shape index (κ2) is 6.85. The maximum Gasteiger partial charge on any atom is 0.336 e. The zero-order valence-corrected chi connectivity index (χ0v) is 14.1. The fraction of sp³-hybridized carbons (Fsp3) is 0. The Morgan fingerprint density at radius 3 is 2.54 bits per heavy atom. The van der Waals surface area contributed by atoms with Gasteiger partial charge in [0.05, 0.1) is 21.2 Å². The summed E-state index contributed by atoms with van der Waals surface area (Å²) in [5.41, 5.74) is 4.45. The second-order valence-electron chi connectivity index (χ2n) is 4.57. The highest BCUT2D eigenvalue weighted by molar-refractivity contribution is 9.10. The van der Waals surface area contributed by atoms with Gasteiger partial charge in [-0.3, -0.25) is 14.9 Å². The van der Waals surface area contributed by atoms with Crippen LogP contribution >= 0.6 is 27.5 Å². The number of nitro groups is 1. The number of rotatable bonds is 4. The van der Waals surface area contributed by atoms with E-state index >= 15 is 0 Å². The fourth-order valence-electron chi connectivity index (χ4n) is 1.96. The monoisotopic (exact) mass is 413 g/mol. The minimum Gasteiger partial charge on any atom is -0.478 e. The number of anilines is 2. The molecule has 1 amide bonds. The number of carbonyl (C=O) groups is 2. The molecule has 2 rings (SSSR count). The van der Waals surface area contributed by atoms with E-state index in [0.717, 1.165) is 12.1 Å². The van der Waals surface area contributed by atoms with Crippen molar-refractivity contribution in [3.8, 4) is 0 Å². The van der Waals surface area contributed by atoms with Crippen molar-refractivity contribution in [3.63, 3.8) is 0 Å². The van der Waals surface area contributed by atoms with E-state index in [1.54, 1.807) is 0 Å². The number of nitrogens with zero attached hydrogens (tertiary/aromatic N) is 1. The first-order chi connectivity index (χ1) is 11.2. The van der Waals surface area contributed by atoms with Gasteiger partial charge < -0.3 is 16.2 Å². The molecule has 0 unspecified atom stereocenters. The number of hydrogen-bond acceptors (Lipinski definition) is 5. The molecule has 0 saturated heterocycles. The Bertz CT molecular complexity index is 816. The molecular weight excluding hydrogens is 406 g/mol. The van der Waals surface area contributed by atoms with Crippen molar-refractivity contribution in [1.29, 1.82) is 0 Å². The first-order valence-corrected chi connectivity index (χ1v) is 7.46. The first kappa shape index (κ1) is 17.7. The largest absolute Gasteiger partial charge is 0.478 e. The van der Waals surface area contributed by atoms with Crippen LogP contribution < -0.4 is 11.1 Å². The third-order valence-electron chi connectivity index (χ3n) is 3.03. The quantitative estimate of drug-likeness (QED) is 0.398. The van der Waals surface area contributed by atoms with Crippen LogP contribution in [0.4, 0.5) is 17.1 Å². The van der Waals surface area contributed by atoms with E-state index in [-0.39, 0.29) is 16.4 Å². The summed E-state index contributed by atoms with van der Waals surface area (Å²) < 4.78 is 0.409. The number of carboxylic acids is 1. The summed E-state index contributed by atoms with van der Waals surface area (Å²) in [5.74, 6) is -2.41. The first-order valence-electron chi connectivity index (χ1n) is 6.29. The lowest BCUT2D eigenvalue weighted by Gasteiger charge is -2.10. The Labute approximate surface area is 148 Å². The Balaban J connectivity index is 2.50. The van der Waals surface area contributed by atoms with Gasteiger partial charge in [0.1, 0.15) is 5.56 Å². The zero-order chi connectivity index (χ0) is 18.0. The van der Waals surface area contributed by atoms with E-state index in [2.05, 4.69) is 21.2 Å². The standard InChI is InChI=1S/C14H9BrClN3O5/c15-8-4-6(5-9(16)12(8)17)18-13(20)11-7(14(21)22)2-1-3-10(11)19(23)24/h1-5H,17H2,(H,18,20)(H,21,22). The van der Waals surface area contributed by atoms with Gasteiger partial charge in [-0.15, -0.1) is 0 Å². The van der Waals surface area contributed by atoms with Gasteiger partial charge in [-0.1, -0.05) is 17.7 Å². The molecule has 0 radical (unpaired) electrons. The summed E-state index contributed by atoms with van der Waals surface area (Å²) in [4.78, 5) is 33.9. The zero-order valence-electron chi connectivity index (χ0n) is 11.7. The van der Waals surface area contributed by atoms with Gasteiger partial charge in [0.15, 0.2) is 0 Å². The van der Waals surface area contributed by atoms with Crippen molar-refractivity contribution >= 4 is 56.5 Å². The molecule has 2 aromatic carbocycles. The smallest absolute Gasteiger partial charge is 0.336 e. The molecule has 0 heterocycles. The lowest BCUT2D eigenvalue weighted by molar-refractivity contribution is -0.385. The van der Waals surface area contributed by atoms with Gasteiger partial charge in [0.25, 0.3) is 11.6 Å². The SMILES string of the molecule is Nc1c(Cl)cc(NC(=O)c2c(C(=O)O)cccc2[N+](=O)[O-])cc1Br. The van der Waals surface area contributed by atoms with Crippen molar-refractivity contribution < 1.29 is 19.6 Å². The predicted octanol–water partition coefficient (Wildman–Crippen LogP) is 3.54.